The average Bonchev–Trinajstić information content (AvgIpc) is 2.04. The molecule has 0 aliphatic heterocycles. The van der Waals surface area contributed by atoms with Crippen LogP contribution in [0.25, 0.3) is 0 Å². The molecule has 1 N–H and O–H groups in total. The maximum atomic E-state index is 5.78. The maximum Gasteiger partial charge on any atom is 0.0634 e. The summed E-state index contributed by atoms with van der Waals surface area (Å²) in [6, 6.07) is 0. The van der Waals surface area contributed by atoms with Gasteiger partial charge in [-0.1, -0.05) is 0 Å². The molecule has 0 radical (unpaired) electrons. The Morgan fingerprint density at radius 3 is 2.15 bits per heavy atom. The summed E-state index contributed by atoms with van der Waals surface area (Å²) in [5.74, 6) is 0.625. The number of ether oxygens (including phenoxy) is 1. The van der Waals surface area contributed by atoms with Crippen LogP contribution >= 0.6 is 11.6 Å². The average molecular weight is 208 g/mol. The Bertz CT molecular complexity index is 130. The summed E-state index contributed by atoms with van der Waals surface area (Å²) in [5, 5.41) is 3.39. The minimum atomic E-state index is -0.0462. The zero-order valence-electron chi connectivity index (χ0n) is 9.41. The number of nitrogens with one attached hydrogen (secondary N) is 1. The Balaban J connectivity index is 3.68. The third-order valence-corrected chi connectivity index (χ3v) is 2.89. The molecule has 13 heavy (non-hydrogen) atoms. The van der Waals surface area contributed by atoms with E-state index in [0.717, 1.165) is 13.0 Å². The van der Waals surface area contributed by atoms with Gasteiger partial charge < -0.3 is 10.1 Å². The summed E-state index contributed by atoms with van der Waals surface area (Å²) >= 11 is 5.78. The van der Waals surface area contributed by atoms with E-state index < -0.39 is 0 Å². The summed E-state index contributed by atoms with van der Waals surface area (Å²) in [6.07, 6.45) is 0.990. The van der Waals surface area contributed by atoms with Crippen molar-refractivity contribution in [2.45, 2.75) is 45.3 Å². The molecule has 0 aromatic heterocycles. The molecule has 0 heterocycles. The molecule has 0 aliphatic carbocycles. The second-order valence-corrected chi connectivity index (χ2v) is 4.93. The first kappa shape index (κ1) is 13.2. The van der Waals surface area contributed by atoms with E-state index in [4.69, 9.17) is 16.3 Å². The van der Waals surface area contributed by atoms with Crippen LogP contribution in [0.1, 0.15) is 34.1 Å². The number of halogens is 1. The van der Waals surface area contributed by atoms with Crippen LogP contribution in [0.3, 0.4) is 0 Å². The zero-order valence-corrected chi connectivity index (χ0v) is 10.2. The molecule has 0 fully saturated rings. The molecule has 0 bridgehead atoms. The largest absolute Gasteiger partial charge is 0.379 e. The van der Waals surface area contributed by atoms with Gasteiger partial charge in [0.2, 0.25) is 0 Å². The van der Waals surface area contributed by atoms with Crippen LogP contribution in [0.4, 0.5) is 0 Å². The highest BCUT2D eigenvalue weighted by atomic mass is 35.5. The van der Waals surface area contributed by atoms with E-state index in [1.54, 1.807) is 7.11 Å². The van der Waals surface area contributed by atoms with Gasteiger partial charge in [-0.15, -0.1) is 11.6 Å². The fourth-order valence-corrected chi connectivity index (χ4v) is 0.946. The van der Waals surface area contributed by atoms with Gasteiger partial charge in [-0.3, -0.25) is 0 Å². The first-order valence-corrected chi connectivity index (χ1v) is 5.22. The van der Waals surface area contributed by atoms with E-state index in [1.165, 1.54) is 0 Å². The lowest BCUT2D eigenvalue weighted by molar-refractivity contribution is 0.0148. The van der Waals surface area contributed by atoms with Gasteiger partial charge in [0.1, 0.15) is 0 Å². The number of alkyl halides is 1. The highest BCUT2D eigenvalue weighted by Gasteiger charge is 2.19. The molecule has 0 saturated carbocycles. The Hall–Kier alpha value is 0.210. The molecule has 2 nitrogen and oxygen atoms in total. The Morgan fingerprint density at radius 2 is 1.77 bits per heavy atom. The Labute approximate surface area is 87.0 Å². The summed E-state index contributed by atoms with van der Waals surface area (Å²) < 4.78 is 5.31. The molecule has 0 spiro atoms. The summed E-state index contributed by atoms with van der Waals surface area (Å²) in [7, 11) is 1.74. The van der Waals surface area contributed by atoms with Crippen LogP contribution in [0.5, 0.6) is 0 Å². The molecule has 0 saturated heterocycles. The lowest BCUT2D eigenvalue weighted by atomic mass is 10.0. The van der Waals surface area contributed by atoms with Crippen molar-refractivity contribution in [3.8, 4) is 0 Å². The third kappa shape index (κ3) is 6.30. The fraction of sp³-hybridized carbons (Fsp3) is 1.00. The second-order valence-electron chi connectivity index (χ2n) is 4.66. The van der Waals surface area contributed by atoms with Gasteiger partial charge in [-0.2, -0.15) is 0 Å². The molecular weight excluding hydrogens is 186 g/mol. The van der Waals surface area contributed by atoms with Gasteiger partial charge in [0, 0.05) is 18.5 Å². The summed E-state index contributed by atoms with van der Waals surface area (Å²) in [5.41, 5.74) is -0.0270. The Morgan fingerprint density at radius 1 is 1.23 bits per heavy atom. The first-order valence-electron chi connectivity index (χ1n) is 4.69. The zero-order chi connectivity index (χ0) is 10.5. The molecule has 80 valence electrons. The molecular formula is C10H22ClNO. The number of methoxy groups -OCH3 is 1. The highest BCUT2D eigenvalue weighted by molar-refractivity contribution is 6.18. The van der Waals surface area contributed by atoms with Gasteiger partial charge in [-0.25, -0.2) is 0 Å². The van der Waals surface area contributed by atoms with Crippen molar-refractivity contribution >= 4 is 11.6 Å². The second kappa shape index (κ2) is 5.18. The maximum absolute atomic E-state index is 5.78. The minimum absolute atomic E-state index is 0.0192. The van der Waals surface area contributed by atoms with E-state index >= 15 is 0 Å². The minimum Gasteiger partial charge on any atom is -0.379 e. The molecule has 0 amide bonds. The van der Waals surface area contributed by atoms with Crippen LogP contribution in [0.15, 0.2) is 0 Å². The lowest BCUT2D eigenvalue weighted by Crippen LogP contribution is -2.43. The van der Waals surface area contributed by atoms with Gasteiger partial charge in [0.05, 0.1) is 5.60 Å². The van der Waals surface area contributed by atoms with Crippen LogP contribution in [0, 0.1) is 0 Å². The predicted octanol–water partition coefficient (Wildman–Crippen LogP) is 2.41. The third-order valence-electron chi connectivity index (χ3n) is 2.22. The van der Waals surface area contributed by atoms with Crippen LogP contribution in [-0.4, -0.2) is 30.7 Å². The van der Waals surface area contributed by atoms with Gasteiger partial charge in [-0.05, 0) is 40.7 Å². The van der Waals surface area contributed by atoms with Gasteiger partial charge in [0.15, 0.2) is 0 Å². The van der Waals surface area contributed by atoms with Crippen molar-refractivity contribution in [3.05, 3.63) is 0 Å². The molecule has 0 aliphatic rings. The van der Waals surface area contributed by atoms with Crippen molar-refractivity contribution in [1.82, 2.24) is 5.32 Å². The molecule has 3 heteroatoms. The van der Waals surface area contributed by atoms with Gasteiger partial charge in [0.25, 0.3) is 0 Å². The normalized spacial score (nSPS) is 13.4. The highest BCUT2D eigenvalue weighted by Crippen LogP contribution is 2.13. The Kier molecular flexibility index (Phi) is 5.26. The number of rotatable bonds is 6. The fourth-order valence-electron chi connectivity index (χ4n) is 0.851. The standard InChI is InChI=1S/C10H22ClNO/c1-9(2,8-11)12-7-6-10(3,4)13-5/h12H,6-8H2,1-5H3. The lowest BCUT2D eigenvalue weighted by Gasteiger charge is -2.28. The van der Waals surface area contributed by atoms with E-state index in [-0.39, 0.29) is 11.1 Å². The van der Waals surface area contributed by atoms with E-state index in [9.17, 15) is 0 Å². The van der Waals surface area contributed by atoms with E-state index in [1.807, 2.05) is 0 Å². The van der Waals surface area contributed by atoms with Crippen molar-refractivity contribution in [3.63, 3.8) is 0 Å². The first-order chi connectivity index (χ1) is 5.83. The van der Waals surface area contributed by atoms with Crippen LogP contribution in [0.2, 0.25) is 0 Å². The molecule has 0 atom stereocenters. The van der Waals surface area contributed by atoms with E-state index in [0.29, 0.717) is 5.88 Å². The topological polar surface area (TPSA) is 21.3 Å². The summed E-state index contributed by atoms with van der Waals surface area (Å²) in [4.78, 5) is 0. The smallest absolute Gasteiger partial charge is 0.0634 e. The molecule has 0 unspecified atom stereocenters. The number of hydrogen-bond donors (Lipinski definition) is 1. The van der Waals surface area contributed by atoms with E-state index in [2.05, 4.69) is 33.0 Å². The molecule has 0 aromatic carbocycles. The van der Waals surface area contributed by atoms with Gasteiger partial charge >= 0.3 is 0 Å². The van der Waals surface area contributed by atoms with Crippen molar-refractivity contribution < 1.29 is 4.74 Å². The van der Waals surface area contributed by atoms with Crippen molar-refractivity contribution in [2.75, 3.05) is 19.5 Å². The van der Waals surface area contributed by atoms with Crippen LogP contribution < -0.4 is 5.32 Å². The van der Waals surface area contributed by atoms with Crippen molar-refractivity contribution in [1.29, 1.82) is 0 Å². The monoisotopic (exact) mass is 207 g/mol. The SMILES string of the molecule is COC(C)(C)CCNC(C)(C)CCl. The quantitative estimate of drug-likeness (QED) is 0.676. The van der Waals surface area contributed by atoms with Crippen molar-refractivity contribution in [2.24, 2.45) is 0 Å². The van der Waals surface area contributed by atoms with Crippen LogP contribution in [-0.2, 0) is 4.74 Å². The predicted molar refractivity (Wildman–Crippen MR) is 58.5 cm³/mol. The molecule has 0 aromatic rings. The number of hydrogen-bond acceptors (Lipinski definition) is 2. The summed E-state index contributed by atoms with van der Waals surface area (Å²) in [6.45, 7) is 9.30. The molecule has 0 rings (SSSR count).